The fourth-order valence-corrected chi connectivity index (χ4v) is 4.59. The number of pyridine rings is 3. The van der Waals surface area contributed by atoms with Crippen LogP contribution >= 0.6 is 0 Å². The van der Waals surface area contributed by atoms with E-state index in [0.29, 0.717) is 39.2 Å². The number of aromatic nitrogens is 3. The van der Waals surface area contributed by atoms with Crippen molar-refractivity contribution >= 4 is 28.4 Å². The molecule has 2 N–H and O–H groups in total. The Kier molecular flexibility index (Phi) is 5.82. The van der Waals surface area contributed by atoms with E-state index in [1.165, 1.54) is 12.4 Å². The second kappa shape index (κ2) is 8.62. The van der Waals surface area contributed by atoms with E-state index in [0.717, 1.165) is 12.8 Å². The Hall–Kier alpha value is -3.40. The number of hydrogen-bond acceptors (Lipinski definition) is 8. The van der Waals surface area contributed by atoms with E-state index in [4.69, 9.17) is 9.47 Å². The maximum Gasteiger partial charge on any atom is 0.340 e. The van der Waals surface area contributed by atoms with Crippen molar-refractivity contribution in [1.29, 1.82) is 0 Å². The molecule has 2 atom stereocenters. The van der Waals surface area contributed by atoms with Crippen LogP contribution < -0.4 is 10.1 Å². The molecular formula is C26H28F2N4O4. The highest BCUT2D eigenvalue weighted by Gasteiger charge is 2.43. The van der Waals surface area contributed by atoms with Gasteiger partial charge in [-0.1, -0.05) is 6.92 Å². The van der Waals surface area contributed by atoms with Crippen molar-refractivity contribution in [3.63, 3.8) is 0 Å². The molecule has 8 nitrogen and oxygen atoms in total. The molecule has 1 saturated carbocycles. The lowest BCUT2D eigenvalue weighted by molar-refractivity contribution is -0.0189. The Labute approximate surface area is 207 Å². The van der Waals surface area contributed by atoms with E-state index >= 15 is 0 Å². The fourth-order valence-electron chi connectivity index (χ4n) is 4.59. The molecule has 0 bridgehead atoms. The molecule has 3 aromatic heterocycles. The Morgan fingerprint density at radius 3 is 2.67 bits per heavy atom. The van der Waals surface area contributed by atoms with Gasteiger partial charge in [0.05, 0.1) is 22.2 Å². The molecule has 0 aromatic carbocycles. The van der Waals surface area contributed by atoms with E-state index in [1.54, 1.807) is 25.1 Å². The normalized spacial score (nSPS) is 20.6. The lowest BCUT2D eigenvalue weighted by atomic mass is 9.84. The molecule has 36 heavy (non-hydrogen) atoms. The molecule has 5 rings (SSSR count). The summed E-state index contributed by atoms with van der Waals surface area (Å²) in [7, 11) is 0. The lowest BCUT2D eigenvalue weighted by Gasteiger charge is -2.36. The first-order chi connectivity index (χ1) is 17.0. The van der Waals surface area contributed by atoms with Crippen LogP contribution in [0.25, 0.3) is 10.8 Å². The minimum Gasteiger partial charge on any atom is -0.471 e. The number of esters is 1. The first-order valence-corrected chi connectivity index (χ1v) is 11.9. The number of rotatable bonds is 7. The molecule has 10 heteroatoms. The molecule has 0 amide bonds. The molecule has 1 unspecified atom stereocenters. The summed E-state index contributed by atoms with van der Waals surface area (Å²) in [5.74, 6) is 0.493. The van der Waals surface area contributed by atoms with Crippen LogP contribution in [-0.2, 0) is 10.3 Å². The molecule has 3 aromatic rings. The molecule has 0 saturated heterocycles. The van der Waals surface area contributed by atoms with Crippen LogP contribution in [0.1, 0.15) is 68.1 Å². The number of carbonyl (C=O) groups is 1. The van der Waals surface area contributed by atoms with E-state index in [1.807, 2.05) is 20.8 Å². The summed E-state index contributed by atoms with van der Waals surface area (Å²) in [5.41, 5.74) is -0.204. The van der Waals surface area contributed by atoms with Gasteiger partial charge in [-0.15, -0.1) is 0 Å². The van der Waals surface area contributed by atoms with Gasteiger partial charge in [0.2, 0.25) is 5.88 Å². The average molecular weight is 499 g/mol. The second-order valence-electron chi connectivity index (χ2n) is 10.2. The summed E-state index contributed by atoms with van der Waals surface area (Å²) in [5, 5.41) is 15.4. The number of fused-ring (bicyclic) bond motifs is 2. The Bertz CT molecular complexity index is 1340. The van der Waals surface area contributed by atoms with Gasteiger partial charge < -0.3 is 19.9 Å². The fraction of sp³-hybridized carbons (Fsp3) is 0.462. The Balaban J connectivity index is 1.54. The highest BCUT2D eigenvalue weighted by atomic mass is 19.3. The third-order valence-corrected chi connectivity index (χ3v) is 7.21. The third-order valence-electron chi connectivity index (χ3n) is 7.21. The first kappa shape index (κ1) is 24.3. The lowest BCUT2D eigenvalue weighted by Crippen LogP contribution is -2.39. The molecule has 1 aliphatic heterocycles. The minimum atomic E-state index is -2.65. The van der Waals surface area contributed by atoms with Gasteiger partial charge in [0.25, 0.3) is 6.43 Å². The second-order valence-corrected chi connectivity index (χ2v) is 10.2. The monoisotopic (exact) mass is 498 g/mol. The molecule has 2 aliphatic rings. The Morgan fingerprint density at radius 2 is 1.97 bits per heavy atom. The number of hydrogen-bond donors (Lipinski definition) is 2. The maximum absolute atomic E-state index is 12.8. The number of alkyl halides is 2. The van der Waals surface area contributed by atoms with Crippen molar-refractivity contribution in [1.82, 2.24) is 15.0 Å². The van der Waals surface area contributed by atoms with E-state index in [-0.39, 0.29) is 17.7 Å². The van der Waals surface area contributed by atoms with Crippen molar-refractivity contribution in [3.8, 4) is 5.88 Å². The zero-order valence-corrected chi connectivity index (χ0v) is 20.5. The number of nitrogens with one attached hydrogen (secondary N) is 1. The quantitative estimate of drug-likeness (QED) is 0.434. The number of anilines is 2. The number of aliphatic hydroxyl groups is 1. The van der Waals surface area contributed by atoms with Gasteiger partial charge in [-0.2, -0.15) is 0 Å². The van der Waals surface area contributed by atoms with Crippen LogP contribution in [0.3, 0.4) is 0 Å². The Morgan fingerprint density at radius 1 is 1.22 bits per heavy atom. The molecule has 1 fully saturated rings. The highest BCUT2D eigenvalue weighted by molar-refractivity contribution is 5.93. The number of carbonyl (C=O) groups excluding carboxylic acids is 1. The summed E-state index contributed by atoms with van der Waals surface area (Å²) in [4.78, 5) is 25.7. The summed E-state index contributed by atoms with van der Waals surface area (Å²) >= 11 is 0. The van der Waals surface area contributed by atoms with Gasteiger partial charge >= 0.3 is 5.97 Å². The van der Waals surface area contributed by atoms with Crippen LogP contribution in [0.15, 0.2) is 30.6 Å². The number of nitrogens with zero attached hydrogens (tertiary/aromatic N) is 3. The topological polar surface area (TPSA) is 106 Å². The summed E-state index contributed by atoms with van der Waals surface area (Å²) in [6.45, 7) is 6.59. The van der Waals surface area contributed by atoms with Gasteiger partial charge in [0, 0.05) is 23.9 Å². The van der Waals surface area contributed by atoms with Crippen LogP contribution in [0.5, 0.6) is 5.88 Å². The van der Waals surface area contributed by atoms with E-state index in [9.17, 15) is 18.7 Å². The molecule has 4 heterocycles. The summed E-state index contributed by atoms with van der Waals surface area (Å²) in [6.07, 6.45) is 2.11. The predicted octanol–water partition coefficient (Wildman–Crippen LogP) is 5.08. The van der Waals surface area contributed by atoms with E-state index < -0.39 is 30.2 Å². The summed E-state index contributed by atoms with van der Waals surface area (Å²) in [6, 6.07) is 5.06. The predicted molar refractivity (Wildman–Crippen MR) is 129 cm³/mol. The van der Waals surface area contributed by atoms with Gasteiger partial charge in [-0.25, -0.2) is 28.5 Å². The summed E-state index contributed by atoms with van der Waals surface area (Å²) < 4.78 is 36.3. The molecule has 0 radical (unpaired) electrons. The van der Waals surface area contributed by atoms with Gasteiger partial charge in [-0.05, 0) is 63.1 Å². The van der Waals surface area contributed by atoms with Crippen LogP contribution in [0.4, 0.5) is 20.4 Å². The number of cyclic esters (lactones) is 1. The number of ether oxygens (including phenoxy) is 2. The van der Waals surface area contributed by atoms with Crippen molar-refractivity contribution < 1.29 is 28.2 Å². The maximum atomic E-state index is 12.8. The smallest absolute Gasteiger partial charge is 0.340 e. The van der Waals surface area contributed by atoms with Gasteiger partial charge in [0.1, 0.15) is 17.2 Å². The van der Waals surface area contributed by atoms with Gasteiger partial charge in [-0.3, -0.25) is 0 Å². The van der Waals surface area contributed by atoms with Gasteiger partial charge in [0.15, 0.2) is 6.61 Å². The molecule has 0 spiro atoms. The van der Waals surface area contributed by atoms with Crippen molar-refractivity contribution in [2.45, 2.75) is 64.1 Å². The minimum absolute atomic E-state index is 0.0289. The third kappa shape index (κ3) is 4.34. The van der Waals surface area contributed by atoms with Crippen molar-refractivity contribution in [2.75, 3.05) is 11.9 Å². The van der Waals surface area contributed by atoms with Crippen molar-refractivity contribution in [3.05, 3.63) is 47.4 Å². The SMILES string of the molecule is C[C@@H]1c2nc(Nc3cc4c(C(C)(O)C5CC5)cnc(OCC(F)F)c4cn3)ccc2C(=O)OC1(C)C. The largest absolute Gasteiger partial charge is 0.471 e. The highest BCUT2D eigenvalue weighted by Crippen LogP contribution is 2.48. The average Bonchev–Trinajstić information content (AvgIpc) is 3.67. The van der Waals surface area contributed by atoms with Crippen LogP contribution in [0.2, 0.25) is 0 Å². The molecule has 190 valence electrons. The molecule has 1 aliphatic carbocycles. The zero-order chi connectivity index (χ0) is 25.8. The van der Waals surface area contributed by atoms with Crippen LogP contribution in [0, 0.1) is 5.92 Å². The standard InChI is InChI=1S/C26H28F2N4O4/c1-13-22-15(24(33)36-25(13,2)3)7-8-20(32-22)31-21-9-16-17(10-29-21)23(35-12-19(27)28)30-11-18(16)26(4,34)14-5-6-14/h7-11,13-14,19,34H,5-6,12H2,1-4H3,(H,29,31,32)/t13-,26?/m1/s1. The zero-order valence-electron chi connectivity index (χ0n) is 20.5. The van der Waals surface area contributed by atoms with Crippen LogP contribution in [-0.4, -0.2) is 44.7 Å². The first-order valence-electron chi connectivity index (χ1n) is 11.9. The number of halogens is 2. The van der Waals surface area contributed by atoms with Crippen molar-refractivity contribution in [2.24, 2.45) is 5.92 Å². The molecular weight excluding hydrogens is 470 g/mol. The van der Waals surface area contributed by atoms with E-state index in [2.05, 4.69) is 20.3 Å².